The van der Waals surface area contributed by atoms with E-state index >= 15 is 0 Å². The number of rotatable bonds is 7. The van der Waals surface area contributed by atoms with E-state index in [1.165, 1.54) is 18.9 Å². The lowest BCUT2D eigenvalue weighted by Crippen LogP contribution is -2.32. The summed E-state index contributed by atoms with van der Waals surface area (Å²) in [5, 5.41) is 12.1. The van der Waals surface area contributed by atoms with E-state index in [0.29, 0.717) is 34.5 Å². The number of fused-ring (bicyclic) bond motifs is 5. The van der Waals surface area contributed by atoms with E-state index in [-0.39, 0.29) is 28.3 Å². The van der Waals surface area contributed by atoms with Crippen molar-refractivity contribution >= 4 is 29.1 Å². The zero-order valence-electron chi connectivity index (χ0n) is 18.6. The largest absolute Gasteiger partial charge is 0.495 e. The summed E-state index contributed by atoms with van der Waals surface area (Å²) in [7, 11) is 1.53. The minimum absolute atomic E-state index is 0.00459. The molecular formula is C23H28N4O3S. The van der Waals surface area contributed by atoms with Crippen LogP contribution in [0.2, 0.25) is 0 Å². The second kappa shape index (κ2) is 7.89. The summed E-state index contributed by atoms with van der Waals surface area (Å²) in [5.41, 5.74) is 3.20. The highest BCUT2D eigenvalue weighted by Crippen LogP contribution is 2.66. The molecule has 1 amide bonds. The van der Waals surface area contributed by atoms with Crippen molar-refractivity contribution in [3.8, 4) is 5.75 Å². The molecule has 2 aliphatic rings. The molecule has 2 bridgehead atoms. The molecular weight excluding hydrogens is 412 g/mol. The van der Waals surface area contributed by atoms with Crippen molar-refractivity contribution in [2.75, 3.05) is 18.2 Å². The summed E-state index contributed by atoms with van der Waals surface area (Å²) in [5.74, 6) is 0.905. The Balaban J connectivity index is 1.49. The molecule has 1 saturated carbocycles. The first-order valence-corrected chi connectivity index (χ1v) is 11.6. The quantitative estimate of drug-likeness (QED) is 0.504. The van der Waals surface area contributed by atoms with Crippen LogP contribution in [0, 0.1) is 5.41 Å². The number of ether oxygens (including phenoxy) is 1. The monoisotopic (exact) mass is 440 g/mol. The Kier molecular flexibility index (Phi) is 5.54. The zero-order chi connectivity index (χ0) is 22.4. The van der Waals surface area contributed by atoms with Crippen molar-refractivity contribution in [3.05, 3.63) is 35.2 Å². The standard InChI is InChI=1S/C23H28N4O3S/c1-6-18(29)24-15-11-13(7-8-17(15)30-5)16(28)12-31-21-25-20-19(26-27-21)14-9-10-23(20,4)22(14,2)3/h7-8,11,14H,6,9-10,12H2,1-5H3,(H,24,29)/t14-,23-/m0/s1. The second-order valence-electron chi connectivity index (χ2n) is 9.00. The zero-order valence-corrected chi connectivity index (χ0v) is 19.4. The van der Waals surface area contributed by atoms with Crippen molar-refractivity contribution in [1.82, 2.24) is 15.2 Å². The first-order valence-electron chi connectivity index (χ1n) is 10.6. The Morgan fingerprint density at radius 3 is 2.74 bits per heavy atom. The van der Waals surface area contributed by atoms with Crippen LogP contribution < -0.4 is 10.1 Å². The second-order valence-corrected chi connectivity index (χ2v) is 9.94. The lowest BCUT2D eigenvalue weighted by molar-refractivity contribution is -0.115. The maximum absolute atomic E-state index is 12.8. The van der Waals surface area contributed by atoms with Crippen LogP contribution in [-0.4, -0.2) is 39.7 Å². The smallest absolute Gasteiger partial charge is 0.224 e. The maximum atomic E-state index is 12.8. The van der Waals surface area contributed by atoms with Crippen molar-refractivity contribution < 1.29 is 14.3 Å². The van der Waals surface area contributed by atoms with Gasteiger partial charge in [-0.05, 0) is 36.5 Å². The maximum Gasteiger partial charge on any atom is 0.224 e. The van der Waals surface area contributed by atoms with Gasteiger partial charge < -0.3 is 10.1 Å². The highest BCUT2D eigenvalue weighted by molar-refractivity contribution is 7.99. The van der Waals surface area contributed by atoms with Crippen molar-refractivity contribution in [1.29, 1.82) is 0 Å². The number of hydrogen-bond donors (Lipinski definition) is 1. The van der Waals surface area contributed by atoms with E-state index in [2.05, 4.69) is 36.3 Å². The molecule has 1 aromatic heterocycles. The predicted molar refractivity (Wildman–Crippen MR) is 120 cm³/mol. The topological polar surface area (TPSA) is 94.1 Å². The van der Waals surface area contributed by atoms with E-state index in [0.717, 1.165) is 24.2 Å². The number of carbonyl (C=O) groups excluding carboxylic acids is 2. The highest BCUT2D eigenvalue weighted by Gasteiger charge is 2.61. The normalized spacial score (nSPS) is 22.8. The van der Waals surface area contributed by atoms with Gasteiger partial charge in [-0.1, -0.05) is 39.5 Å². The number of hydrogen-bond acceptors (Lipinski definition) is 7. The van der Waals surface area contributed by atoms with Gasteiger partial charge >= 0.3 is 0 Å². The number of thioether (sulfide) groups is 1. The molecule has 0 spiro atoms. The number of Topliss-reactive ketones (excluding diaryl/α,β-unsaturated/α-hetero) is 1. The lowest BCUT2D eigenvalue weighted by Gasteiger charge is -2.33. The molecule has 31 heavy (non-hydrogen) atoms. The van der Waals surface area contributed by atoms with Gasteiger partial charge in [-0.25, -0.2) is 4.98 Å². The van der Waals surface area contributed by atoms with Gasteiger partial charge in [0.2, 0.25) is 11.1 Å². The Bertz CT molecular complexity index is 1060. The van der Waals surface area contributed by atoms with Crippen LogP contribution in [0.4, 0.5) is 5.69 Å². The molecule has 0 saturated heterocycles. The average Bonchev–Trinajstić information content (AvgIpc) is 3.09. The lowest BCUT2D eigenvalue weighted by atomic mass is 9.70. The Labute approximate surface area is 186 Å². The highest BCUT2D eigenvalue weighted by atomic mass is 32.2. The van der Waals surface area contributed by atoms with Gasteiger partial charge in [-0.3, -0.25) is 9.59 Å². The number of methoxy groups -OCH3 is 1. The first kappa shape index (κ1) is 21.7. The summed E-state index contributed by atoms with van der Waals surface area (Å²) in [4.78, 5) is 29.4. The molecule has 0 unspecified atom stereocenters. The summed E-state index contributed by atoms with van der Waals surface area (Å²) >= 11 is 1.30. The fourth-order valence-corrected chi connectivity index (χ4v) is 5.54. The SMILES string of the molecule is CCC(=O)Nc1cc(C(=O)CSc2nnc3c(n2)[C@]2(C)CC[C@@H]3C2(C)C)ccc1OC. The molecule has 1 fully saturated rings. The molecule has 2 aliphatic carbocycles. The first-order chi connectivity index (χ1) is 14.7. The van der Waals surface area contributed by atoms with Gasteiger partial charge in [0.15, 0.2) is 5.78 Å². The fourth-order valence-electron chi connectivity index (χ4n) is 4.85. The summed E-state index contributed by atoms with van der Waals surface area (Å²) in [6.45, 7) is 8.63. The van der Waals surface area contributed by atoms with Crippen LogP contribution in [0.25, 0.3) is 0 Å². The summed E-state index contributed by atoms with van der Waals surface area (Å²) < 4.78 is 5.29. The number of anilines is 1. The van der Waals surface area contributed by atoms with Gasteiger partial charge in [0, 0.05) is 23.3 Å². The van der Waals surface area contributed by atoms with Crippen LogP contribution in [0.3, 0.4) is 0 Å². The molecule has 1 N–H and O–H groups in total. The van der Waals surface area contributed by atoms with E-state index < -0.39 is 0 Å². The fraction of sp³-hybridized carbons (Fsp3) is 0.522. The minimum atomic E-state index is -0.138. The molecule has 1 aromatic carbocycles. The Morgan fingerprint density at radius 1 is 1.26 bits per heavy atom. The van der Waals surface area contributed by atoms with Crippen molar-refractivity contribution in [2.45, 2.75) is 63.4 Å². The van der Waals surface area contributed by atoms with E-state index in [1.807, 2.05) is 0 Å². The van der Waals surface area contributed by atoms with Crippen LogP contribution in [0.15, 0.2) is 23.4 Å². The van der Waals surface area contributed by atoms with Crippen molar-refractivity contribution in [2.24, 2.45) is 5.41 Å². The Morgan fingerprint density at radius 2 is 2.03 bits per heavy atom. The van der Waals surface area contributed by atoms with Crippen LogP contribution in [0.5, 0.6) is 5.75 Å². The van der Waals surface area contributed by atoms with E-state index in [1.54, 1.807) is 25.1 Å². The number of ketones is 1. The van der Waals surface area contributed by atoms with E-state index in [9.17, 15) is 9.59 Å². The van der Waals surface area contributed by atoms with Gasteiger partial charge in [0.1, 0.15) is 5.75 Å². The minimum Gasteiger partial charge on any atom is -0.495 e. The molecule has 2 aromatic rings. The van der Waals surface area contributed by atoms with Crippen LogP contribution >= 0.6 is 11.8 Å². The molecule has 2 atom stereocenters. The van der Waals surface area contributed by atoms with Gasteiger partial charge in [-0.2, -0.15) is 5.10 Å². The number of nitrogens with zero attached hydrogens (tertiary/aromatic N) is 3. The number of benzene rings is 1. The molecule has 1 heterocycles. The molecule has 164 valence electrons. The molecule has 7 nitrogen and oxygen atoms in total. The third-order valence-electron chi connectivity index (χ3n) is 7.22. The number of amides is 1. The molecule has 4 rings (SSSR count). The number of nitrogens with one attached hydrogen (secondary N) is 1. The number of carbonyl (C=O) groups is 2. The van der Waals surface area contributed by atoms with Crippen molar-refractivity contribution in [3.63, 3.8) is 0 Å². The van der Waals surface area contributed by atoms with Crippen LogP contribution in [0.1, 0.15) is 74.6 Å². The Hall–Kier alpha value is -2.48. The van der Waals surface area contributed by atoms with Gasteiger partial charge in [0.05, 0.1) is 29.9 Å². The van der Waals surface area contributed by atoms with Crippen LogP contribution in [-0.2, 0) is 10.2 Å². The van der Waals surface area contributed by atoms with E-state index in [4.69, 9.17) is 9.72 Å². The third-order valence-corrected chi connectivity index (χ3v) is 8.06. The average molecular weight is 441 g/mol. The molecule has 0 aliphatic heterocycles. The predicted octanol–water partition coefficient (Wildman–Crippen LogP) is 4.38. The number of aromatic nitrogens is 3. The third kappa shape index (κ3) is 3.50. The molecule has 0 radical (unpaired) electrons. The summed E-state index contributed by atoms with van der Waals surface area (Å²) in [6.07, 6.45) is 2.58. The van der Waals surface area contributed by atoms with Gasteiger partial charge in [-0.15, -0.1) is 5.10 Å². The van der Waals surface area contributed by atoms with Gasteiger partial charge in [0.25, 0.3) is 0 Å². The summed E-state index contributed by atoms with van der Waals surface area (Å²) in [6, 6.07) is 5.05. The molecule has 8 heteroatoms.